The molecular formula is C12H16ClN3S. The van der Waals surface area contributed by atoms with Crippen molar-refractivity contribution in [2.24, 2.45) is 5.84 Å². The van der Waals surface area contributed by atoms with Gasteiger partial charge in [0, 0.05) is 18.3 Å². The molecule has 0 spiro atoms. The number of nitrogens with zero attached hydrogens (tertiary/aromatic N) is 1. The number of hydrogen-bond donors (Lipinski definition) is 2. The van der Waals surface area contributed by atoms with E-state index in [1.54, 1.807) is 11.3 Å². The number of nitrogens with two attached hydrogens (primary N) is 1. The molecule has 0 aliphatic rings. The van der Waals surface area contributed by atoms with Crippen LogP contribution in [0.4, 0.5) is 0 Å². The van der Waals surface area contributed by atoms with Crippen molar-refractivity contribution >= 4 is 33.2 Å². The van der Waals surface area contributed by atoms with Gasteiger partial charge in [-0.25, -0.2) is 4.98 Å². The molecule has 0 aliphatic carbocycles. The molecule has 17 heavy (non-hydrogen) atoms. The van der Waals surface area contributed by atoms with Crippen LogP contribution < -0.4 is 11.3 Å². The second-order valence-electron chi connectivity index (χ2n) is 3.97. The van der Waals surface area contributed by atoms with Crippen molar-refractivity contribution in [2.75, 3.05) is 5.88 Å². The summed E-state index contributed by atoms with van der Waals surface area (Å²) < 4.78 is 1.23. The Hall–Kier alpha value is -0.680. The van der Waals surface area contributed by atoms with Gasteiger partial charge < -0.3 is 0 Å². The molecule has 2 aromatic rings. The van der Waals surface area contributed by atoms with Crippen LogP contribution in [0.1, 0.15) is 17.8 Å². The van der Waals surface area contributed by atoms with Crippen molar-refractivity contribution in [2.45, 2.75) is 25.3 Å². The van der Waals surface area contributed by atoms with Gasteiger partial charge in [-0.3, -0.25) is 11.3 Å². The summed E-state index contributed by atoms with van der Waals surface area (Å²) in [7, 11) is 0. The number of aromatic nitrogens is 1. The lowest BCUT2D eigenvalue weighted by molar-refractivity contribution is 0.486. The predicted octanol–water partition coefficient (Wildman–Crippen LogP) is 2.69. The van der Waals surface area contributed by atoms with Crippen molar-refractivity contribution in [3.05, 3.63) is 29.3 Å². The minimum atomic E-state index is 0.259. The summed E-state index contributed by atoms with van der Waals surface area (Å²) in [5.41, 5.74) is 3.91. The molecule has 1 heterocycles. The van der Waals surface area contributed by atoms with E-state index in [1.165, 1.54) is 4.70 Å². The fourth-order valence-corrected chi connectivity index (χ4v) is 2.99. The Labute approximate surface area is 110 Å². The van der Waals surface area contributed by atoms with Crippen LogP contribution in [0.15, 0.2) is 24.3 Å². The predicted molar refractivity (Wildman–Crippen MR) is 74.4 cm³/mol. The maximum absolute atomic E-state index is 5.69. The number of halogens is 1. The Kier molecular flexibility index (Phi) is 4.74. The molecular weight excluding hydrogens is 254 g/mol. The third-order valence-corrected chi connectivity index (χ3v) is 4.01. The molecule has 3 N–H and O–H groups in total. The lowest BCUT2D eigenvalue weighted by Gasteiger charge is -2.12. The Balaban J connectivity index is 2.06. The number of hydrogen-bond acceptors (Lipinski definition) is 4. The number of thiazole rings is 1. The molecule has 1 unspecified atom stereocenters. The number of para-hydroxylation sites is 1. The molecule has 0 saturated carbocycles. The van der Waals surface area contributed by atoms with E-state index in [2.05, 4.69) is 16.5 Å². The first-order valence-corrected chi connectivity index (χ1v) is 7.05. The van der Waals surface area contributed by atoms with Gasteiger partial charge in [0.1, 0.15) is 0 Å². The fourth-order valence-electron chi connectivity index (χ4n) is 1.79. The average Bonchev–Trinajstić information content (AvgIpc) is 2.76. The highest BCUT2D eigenvalue weighted by Crippen LogP contribution is 2.22. The summed E-state index contributed by atoms with van der Waals surface area (Å²) >= 11 is 7.42. The summed E-state index contributed by atoms with van der Waals surface area (Å²) in [6, 6.07) is 8.45. The number of fused-ring (bicyclic) bond motifs is 1. The van der Waals surface area contributed by atoms with E-state index in [4.69, 9.17) is 17.4 Å². The van der Waals surface area contributed by atoms with E-state index in [0.29, 0.717) is 5.88 Å². The monoisotopic (exact) mass is 269 g/mol. The topological polar surface area (TPSA) is 50.9 Å². The van der Waals surface area contributed by atoms with Crippen LogP contribution in [-0.4, -0.2) is 16.9 Å². The van der Waals surface area contributed by atoms with Crippen LogP contribution in [0, 0.1) is 0 Å². The van der Waals surface area contributed by atoms with E-state index in [-0.39, 0.29) is 6.04 Å². The summed E-state index contributed by atoms with van der Waals surface area (Å²) in [4.78, 5) is 4.60. The molecule has 0 aliphatic heterocycles. The fraction of sp³-hybridized carbons (Fsp3) is 0.417. The molecule has 92 valence electrons. The van der Waals surface area contributed by atoms with Crippen molar-refractivity contribution < 1.29 is 0 Å². The Morgan fingerprint density at radius 2 is 2.24 bits per heavy atom. The first-order valence-electron chi connectivity index (χ1n) is 5.70. The Morgan fingerprint density at radius 3 is 2.94 bits per heavy atom. The quantitative estimate of drug-likeness (QED) is 0.482. The number of benzene rings is 1. The highest BCUT2D eigenvalue weighted by molar-refractivity contribution is 7.18. The second-order valence-corrected chi connectivity index (χ2v) is 5.47. The number of nitrogens with one attached hydrogen (secondary N) is 1. The van der Waals surface area contributed by atoms with E-state index < -0.39 is 0 Å². The molecule has 2 rings (SSSR count). The highest BCUT2D eigenvalue weighted by atomic mass is 35.5. The zero-order valence-electron chi connectivity index (χ0n) is 9.53. The van der Waals surface area contributed by atoms with E-state index >= 15 is 0 Å². The minimum Gasteiger partial charge on any atom is -0.271 e. The van der Waals surface area contributed by atoms with Crippen LogP contribution >= 0.6 is 22.9 Å². The summed E-state index contributed by atoms with van der Waals surface area (Å²) in [5, 5.41) is 1.13. The zero-order chi connectivity index (χ0) is 12.1. The number of alkyl halides is 1. The zero-order valence-corrected chi connectivity index (χ0v) is 11.1. The third kappa shape index (κ3) is 3.39. The van der Waals surface area contributed by atoms with Crippen molar-refractivity contribution in [3.8, 4) is 0 Å². The smallest absolute Gasteiger partial charge is 0.0954 e. The molecule has 0 bridgehead atoms. The van der Waals surface area contributed by atoms with Gasteiger partial charge in [-0.15, -0.1) is 22.9 Å². The van der Waals surface area contributed by atoms with Crippen LogP contribution in [0.5, 0.6) is 0 Å². The van der Waals surface area contributed by atoms with Crippen molar-refractivity contribution in [1.29, 1.82) is 0 Å². The van der Waals surface area contributed by atoms with Gasteiger partial charge in [0.05, 0.1) is 15.2 Å². The van der Waals surface area contributed by atoms with Gasteiger partial charge >= 0.3 is 0 Å². The van der Waals surface area contributed by atoms with Crippen molar-refractivity contribution in [3.63, 3.8) is 0 Å². The molecule has 0 fully saturated rings. The molecule has 0 saturated heterocycles. The summed E-state index contributed by atoms with van der Waals surface area (Å²) in [5.74, 6) is 6.22. The van der Waals surface area contributed by atoms with E-state index in [0.717, 1.165) is 29.8 Å². The van der Waals surface area contributed by atoms with Gasteiger partial charge in [-0.2, -0.15) is 0 Å². The van der Waals surface area contributed by atoms with Crippen molar-refractivity contribution in [1.82, 2.24) is 10.4 Å². The largest absolute Gasteiger partial charge is 0.271 e. The highest BCUT2D eigenvalue weighted by Gasteiger charge is 2.10. The van der Waals surface area contributed by atoms with Gasteiger partial charge in [-0.1, -0.05) is 12.1 Å². The average molecular weight is 270 g/mol. The lowest BCUT2D eigenvalue weighted by atomic mass is 10.1. The van der Waals surface area contributed by atoms with E-state index in [9.17, 15) is 0 Å². The summed E-state index contributed by atoms with van der Waals surface area (Å²) in [6.07, 6.45) is 2.82. The van der Waals surface area contributed by atoms with E-state index in [1.807, 2.05) is 18.2 Å². The van der Waals surface area contributed by atoms with Crippen LogP contribution in [0.3, 0.4) is 0 Å². The Bertz CT molecular complexity index is 438. The molecule has 0 amide bonds. The Morgan fingerprint density at radius 1 is 1.41 bits per heavy atom. The SMILES string of the molecule is NNC(CCCCl)Cc1nc2ccccc2s1. The first-order chi connectivity index (χ1) is 8.33. The molecule has 0 radical (unpaired) electrons. The number of hydrazine groups is 1. The minimum absolute atomic E-state index is 0.259. The molecule has 1 atom stereocenters. The summed E-state index contributed by atoms with van der Waals surface area (Å²) in [6.45, 7) is 0. The standard InChI is InChI=1S/C12H16ClN3S/c13-7-3-4-9(16-14)8-12-15-10-5-1-2-6-11(10)17-12/h1-2,5-6,9,16H,3-4,7-8,14H2. The van der Waals surface area contributed by atoms with Gasteiger partial charge in [0.25, 0.3) is 0 Å². The normalized spacial score (nSPS) is 13.1. The first kappa shape index (κ1) is 12.8. The van der Waals surface area contributed by atoms with Gasteiger partial charge in [0.2, 0.25) is 0 Å². The van der Waals surface area contributed by atoms with Crippen LogP contribution in [0.25, 0.3) is 10.2 Å². The second kappa shape index (κ2) is 6.31. The lowest BCUT2D eigenvalue weighted by Crippen LogP contribution is -2.36. The van der Waals surface area contributed by atoms with Crippen LogP contribution in [-0.2, 0) is 6.42 Å². The van der Waals surface area contributed by atoms with Gasteiger partial charge in [-0.05, 0) is 25.0 Å². The van der Waals surface area contributed by atoms with Gasteiger partial charge in [0.15, 0.2) is 0 Å². The number of rotatable bonds is 6. The molecule has 3 nitrogen and oxygen atoms in total. The molecule has 1 aromatic heterocycles. The van der Waals surface area contributed by atoms with Crippen LogP contribution in [0.2, 0.25) is 0 Å². The molecule has 1 aromatic carbocycles. The third-order valence-electron chi connectivity index (χ3n) is 2.68. The maximum Gasteiger partial charge on any atom is 0.0954 e. The maximum atomic E-state index is 5.69. The molecule has 5 heteroatoms.